The maximum atomic E-state index is 7.12. The second-order valence-corrected chi connectivity index (χ2v) is 27.1. The molecule has 3 aromatic carbocycles. The van der Waals surface area contributed by atoms with Gasteiger partial charge in [0.15, 0.2) is 23.0 Å². The molecule has 3 atom stereocenters. The van der Waals surface area contributed by atoms with Crippen LogP contribution in [0.2, 0.25) is 0 Å². The van der Waals surface area contributed by atoms with E-state index in [1.165, 1.54) is 44.9 Å². The molecule has 0 spiro atoms. The van der Waals surface area contributed by atoms with Crippen molar-refractivity contribution in [2.45, 2.75) is 153 Å². The Bertz CT molecular complexity index is 2760. The van der Waals surface area contributed by atoms with E-state index in [0.29, 0.717) is 181 Å². The van der Waals surface area contributed by atoms with Crippen LogP contribution in [0.4, 0.5) is 0 Å². The summed E-state index contributed by atoms with van der Waals surface area (Å²) in [4.78, 5) is 8.82. The fraction of sp³-hybridized carbons (Fsp3) is 0.654. The maximum absolute atomic E-state index is 7.12. The van der Waals surface area contributed by atoms with Crippen LogP contribution in [0.1, 0.15) is 150 Å². The molecule has 0 aliphatic rings. The summed E-state index contributed by atoms with van der Waals surface area (Å²) < 4.78 is 104. The molecule has 0 saturated carbocycles. The smallest absolute Gasteiger partial charge is 0.203 e. The molecular weight excluding hydrogens is 1270 g/mol. The number of methoxy groups -OCH3 is 3. The molecule has 0 amide bonds. The average molecular weight is 1400 g/mol. The van der Waals surface area contributed by atoms with Gasteiger partial charge in [0, 0.05) is 57.2 Å². The van der Waals surface area contributed by atoms with E-state index < -0.39 is 0 Å². The topological polar surface area (TPSA) is 183 Å². The molecule has 562 valence electrons. The first-order chi connectivity index (χ1) is 48.8. The van der Waals surface area contributed by atoms with E-state index in [1.54, 1.807) is 46.1 Å². The van der Waals surface area contributed by atoms with Gasteiger partial charge in [-0.1, -0.05) is 120 Å². The summed E-state index contributed by atoms with van der Waals surface area (Å²) in [5.41, 5.74) is 4.99. The van der Waals surface area contributed by atoms with Crippen LogP contribution in [0, 0.1) is 35.5 Å². The number of rotatable bonds is 62. The summed E-state index contributed by atoms with van der Waals surface area (Å²) in [6.07, 6.45) is 20.7. The van der Waals surface area contributed by atoms with Crippen molar-refractivity contribution in [3.8, 4) is 68.2 Å². The van der Waals surface area contributed by atoms with Crippen molar-refractivity contribution in [3.63, 3.8) is 0 Å². The molecule has 2 aromatic heterocycles. The van der Waals surface area contributed by atoms with Gasteiger partial charge < -0.3 is 80.5 Å². The monoisotopic (exact) mass is 1400 g/mol. The molecule has 0 fully saturated rings. The highest BCUT2D eigenvalue weighted by Gasteiger charge is 2.23. The summed E-state index contributed by atoms with van der Waals surface area (Å²) >= 11 is 0. The van der Waals surface area contributed by atoms with Gasteiger partial charge in [-0.05, 0) is 138 Å². The summed E-state index contributed by atoms with van der Waals surface area (Å²) in [6.45, 7) is 29.6. The SMILES string of the molecule is COCCOCCOCCOc1cc(COc2cc(-c3ccncc3)c(OCc3cc(OCC[C@@H](C)CCCC(C)C)c(OCC[C@@H](C)CCCC(C)C)c(OCC[C@@H](C)CCCC(C)C)c3)cc2-c2ccncc2)cc(OCCOCCOCCOC)c1OCCOCCOCCOC. The van der Waals surface area contributed by atoms with Gasteiger partial charge in [-0.2, -0.15) is 0 Å². The molecule has 0 bridgehead atoms. The van der Waals surface area contributed by atoms with Crippen LogP contribution in [0.15, 0.2) is 85.5 Å². The van der Waals surface area contributed by atoms with E-state index in [4.69, 9.17) is 80.5 Å². The molecule has 0 saturated heterocycles. The van der Waals surface area contributed by atoms with Gasteiger partial charge in [-0.15, -0.1) is 0 Å². The Morgan fingerprint density at radius 1 is 0.270 bits per heavy atom. The Labute approximate surface area is 600 Å². The van der Waals surface area contributed by atoms with E-state index in [9.17, 15) is 0 Å². The number of aromatic nitrogens is 2. The third-order valence-corrected chi connectivity index (χ3v) is 16.9. The predicted octanol–water partition coefficient (Wildman–Crippen LogP) is 16.8. The number of benzene rings is 3. The van der Waals surface area contributed by atoms with Gasteiger partial charge in [0.2, 0.25) is 11.5 Å². The Balaban J connectivity index is 1.54. The lowest BCUT2D eigenvalue weighted by Crippen LogP contribution is -2.16. The molecule has 0 radical (unpaired) electrons. The number of hydrogen-bond donors (Lipinski definition) is 0. The lowest BCUT2D eigenvalue weighted by molar-refractivity contribution is 0.0146. The maximum Gasteiger partial charge on any atom is 0.203 e. The second-order valence-electron chi connectivity index (χ2n) is 27.1. The lowest BCUT2D eigenvalue weighted by Gasteiger charge is -2.22. The highest BCUT2D eigenvalue weighted by Crippen LogP contribution is 2.45. The Hall–Kier alpha value is -6.00. The molecule has 100 heavy (non-hydrogen) atoms. The van der Waals surface area contributed by atoms with Crippen LogP contribution in [-0.2, 0) is 55.8 Å². The fourth-order valence-corrected chi connectivity index (χ4v) is 11.0. The number of hydrogen-bond acceptors (Lipinski definition) is 19. The lowest BCUT2D eigenvalue weighted by atomic mass is 9.97. The van der Waals surface area contributed by atoms with Crippen molar-refractivity contribution in [1.29, 1.82) is 0 Å². The van der Waals surface area contributed by atoms with Crippen LogP contribution >= 0.6 is 0 Å². The second kappa shape index (κ2) is 52.9. The van der Waals surface area contributed by atoms with Gasteiger partial charge in [0.05, 0.1) is 119 Å². The summed E-state index contributed by atoms with van der Waals surface area (Å²) in [5.74, 6) is 8.10. The van der Waals surface area contributed by atoms with E-state index in [0.717, 1.165) is 65.5 Å². The number of pyridine rings is 2. The van der Waals surface area contributed by atoms with Gasteiger partial charge in [0.25, 0.3) is 0 Å². The molecular formula is C81H126N2O17. The molecule has 0 unspecified atom stereocenters. The zero-order valence-corrected chi connectivity index (χ0v) is 63.1. The van der Waals surface area contributed by atoms with Gasteiger partial charge in [-0.25, -0.2) is 0 Å². The van der Waals surface area contributed by atoms with Crippen molar-refractivity contribution in [3.05, 3.63) is 96.6 Å². The number of ether oxygens (including phenoxy) is 17. The van der Waals surface area contributed by atoms with Crippen molar-refractivity contribution in [1.82, 2.24) is 9.97 Å². The van der Waals surface area contributed by atoms with E-state index in [2.05, 4.69) is 90.5 Å². The minimum atomic E-state index is 0.0996. The van der Waals surface area contributed by atoms with E-state index >= 15 is 0 Å². The molecule has 5 aromatic rings. The van der Waals surface area contributed by atoms with Gasteiger partial charge in [0.1, 0.15) is 44.5 Å². The summed E-state index contributed by atoms with van der Waals surface area (Å²) in [5, 5.41) is 0. The Morgan fingerprint density at radius 3 is 0.850 bits per heavy atom. The van der Waals surface area contributed by atoms with Crippen LogP contribution in [0.3, 0.4) is 0 Å². The molecule has 0 aliphatic carbocycles. The predicted molar refractivity (Wildman–Crippen MR) is 395 cm³/mol. The van der Waals surface area contributed by atoms with E-state index in [-0.39, 0.29) is 52.9 Å². The molecule has 2 heterocycles. The first-order valence-electron chi connectivity index (χ1n) is 37.1. The zero-order valence-electron chi connectivity index (χ0n) is 63.1. The Kier molecular flexibility index (Phi) is 44.8. The third kappa shape index (κ3) is 36.2. The van der Waals surface area contributed by atoms with Crippen molar-refractivity contribution in [2.24, 2.45) is 35.5 Å². The molecule has 19 heteroatoms. The minimum absolute atomic E-state index is 0.0996. The average Bonchev–Trinajstić information content (AvgIpc) is 0.791. The number of nitrogens with zero attached hydrogens (tertiary/aromatic N) is 2. The van der Waals surface area contributed by atoms with Crippen molar-refractivity contribution >= 4 is 0 Å². The van der Waals surface area contributed by atoms with Crippen LogP contribution in [-0.4, -0.2) is 170 Å². The molecule has 0 aliphatic heterocycles. The highest BCUT2D eigenvalue weighted by molar-refractivity contribution is 5.81. The quantitative estimate of drug-likeness (QED) is 0.0335. The van der Waals surface area contributed by atoms with Gasteiger partial charge in [-0.3, -0.25) is 9.97 Å². The zero-order chi connectivity index (χ0) is 71.6. The minimum Gasteiger partial charge on any atom is -0.490 e. The molecule has 5 rings (SSSR count). The largest absolute Gasteiger partial charge is 0.490 e. The van der Waals surface area contributed by atoms with Crippen LogP contribution < -0.4 is 37.9 Å². The van der Waals surface area contributed by atoms with Crippen LogP contribution in [0.25, 0.3) is 22.3 Å². The standard InChI is InChI=1S/C81H126N2O17/c1-62(2)16-13-19-65(7)26-33-93-76-54-68(55-77(94-34-27-66(8)20-14-17-63(3)4)80(76)97-35-28-67(9)21-15-18-64(5)6)60-99-74-58-73(71-24-31-83-32-25-71)75(59-72(74)70-22-29-82-30-23-70)100-61-69-56-78(95-51-48-90-45-42-87-39-36-84-10)81(98-53-50-92-47-44-89-41-38-86-12)79(57-69)96-52-49-91-46-43-88-40-37-85-11/h22-25,29-32,54-59,62-67H,13-21,26-28,33-53,60-61H2,1-12H3/t65-,66-,67-/m0/s1. The fourth-order valence-electron chi connectivity index (χ4n) is 11.0. The Morgan fingerprint density at radius 2 is 0.540 bits per heavy atom. The summed E-state index contributed by atoms with van der Waals surface area (Å²) in [7, 11) is 4.93. The first kappa shape index (κ1) is 84.7. The van der Waals surface area contributed by atoms with Crippen molar-refractivity contribution in [2.75, 3.05) is 160 Å². The van der Waals surface area contributed by atoms with Crippen LogP contribution in [0.5, 0.6) is 46.0 Å². The summed E-state index contributed by atoms with van der Waals surface area (Å²) in [6, 6.07) is 20.0. The molecule has 19 nitrogen and oxygen atoms in total. The highest BCUT2D eigenvalue weighted by atomic mass is 16.6. The molecule has 0 N–H and O–H groups in total. The third-order valence-electron chi connectivity index (χ3n) is 16.9. The van der Waals surface area contributed by atoms with Gasteiger partial charge >= 0.3 is 0 Å². The van der Waals surface area contributed by atoms with E-state index in [1.807, 2.05) is 42.5 Å². The normalized spacial score (nSPS) is 12.5. The first-order valence-corrected chi connectivity index (χ1v) is 37.1. The van der Waals surface area contributed by atoms with Crippen molar-refractivity contribution < 1.29 is 80.5 Å².